The van der Waals surface area contributed by atoms with Crippen LogP contribution in [0.3, 0.4) is 0 Å². The van der Waals surface area contributed by atoms with Crippen LogP contribution in [0.4, 0.5) is 0 Å². The summed E-state index contributed by atoms with van der Waals surface area (Å²) in [4.78, 5) is 0. The molecule has 0 saturated carbocycles. The zero-order chi connectivity index (χ0) is 16.5. The predicted octanol–water partition coefficient (Wildman–Crippen LogP) is 5.29. The average Bonchev–Trinajstić information content (AvgIpc) is 2.54. The monoisotopic (exact) mass is 330 g/mol. The minimum absolute atomic E-state index is 0.0901. The molecule has 0 aromatic rings. The molecule has 2 atom stereocenters. The SMILES string of the molecule is CCCCCCCCCCCCCCC=CC(O)C(S)CO. The maximum Gasteiger partial charge on any atom is 0.0859 e. The van der Waals surface area contributed by atoms with Gasteiger partial charge in [-0.15, -0.1) is 0 Å². The van der Waals surface area contributed by atoms with E-state index in [-0.39, 0.29) is 11.9 Å². The minimum atomic E-state index is -0.634. The molecule has 0 aromatic carbocycles. The maximum atomic E-state index is 9.59. The first-order chi connectivity index (χ1) is 10.7. The van der Waals surface area contributed by atoms with Gasteiger partial charge in [0.05, 0.1) is 18.0 Å². The Balaban J connectivity index is 3.19. The van der Waals surface area contributed by atoms with E-state index in [2.05, 4.69) is 19.6 Å². The van der Waals surface area contributed by atoms with Crippen molar-refractivity contribution in [2.75, 3.05) is 6.61 Å². The fourth-order valence-electron chi connectivity index (χ4n) is 2.58. The van der Waals surface area contributed by atoms with Crippen LogP contribution < -0.4 is 0 Å². The van der Waals surface area contributed by atoms with Gasteiger partial charge in [0.15, 0.2) is 0 Å². The number of hydrogen-bond acceptors (Lipinski definition) is 3. The van der Waals surface area contributed by atoms with Crippen molar-refractivity contribution in [3.05, 3.63) is 12.2 Å². The molecule has 0 saturated heterocycles. The number of unbranched alkanes of at least 4 members (excludes halogenated alkanes) is 12. The van der Waals surface area contributed by atoms with Crippen LogP contribution in [0.1, 0.15) is 90.4 Å². The Morgan fingerprint density at radius 3 is 1.73 bits per heavy atom. The molecule has 0 aliphatic heterocycles. The van der Waals surface area contributed by atoms with Gasteiger partial charge in [0, 0.05) is 0 Å². The van der Waals surface area contributed by atoms with Crippen molar-refractivity contribution in [3.8, 4) is 0 Å². The second-order valence-corrected chi connectivity index (χ2v) is 7.01. The largest absolute Gasteiger partial charge is 0.395 e. The van der Waals surface area contributed by atoms with Crippen molar-refractivity contribution in [2.45, 2.75) is 102 Å². The molecule has 2 N–H and O–H groups in total. The molecule has 0 fully saturated rings. The summed E-state index contributed by atoms with van der Waals surface area (Å²) in [5, 5.41) is 18.1. The number of allylic oxidation sites excluding steroid dienone is 1. The number of aliphatic hydroxyl groups excluding tert-OH is 2. The smallest absolute Gasteiger partial charge is 0.0859 e. The zero-order valence-electron chi connectivity index (χ0n) is 14.6. The highest BCUT2D eigenvalue weighted by Crippen LogP contribution is 2.12. The van der Waals surface area contributed by atoms with E-state index in [1.54, 1.807) is 6.08 Å². The fraction of sp³-hybridized carbons (Fsp3) is 0.895. The Bertz CT molecular complexity index is 244. The van der Waals surface area contributed by atoms with Crippen LogP contribution in [0.15, 0.2) is 12.2 Å². The van der Waals surface area contributed by atoms with Crippen LogP contribution in [-0.4, -0.2) is 28.2 Å². The second-order valence-electron chi connectivity index (χ2n) is 6.35. The van der Waals surface area contributed by atoms with Crippen LogP contribution in [-0.2, 0) is 0 Å². The van der Waals surface area contributed by atoms with Crippen LogP contribution in [0.5, 0.6) is 0 Å². The molecule has 2 nitrogen and oxygen atoms in total. The topological polar surface area (TPSA) is 40.5 Å². The molecule has 0 bridgehead atoms. The third-order valence-corrected chi connectivity index (χ3v) is 4.61. The summed E-state index contributed by atoms with van der Waals surface area (Å²) in [5.74, 6) is 0. The average molecular weight is 331 g/mol. The Morgan fingerprint density at radius 2 is 1.27 bits per heavy atom. The summed E-state index contributed by atoms with van der Waals surface area (Å²) in [6, 6.07) is 0. The molecule has 0 aliphatic carbocycles. The fourth-order valence-corrected chi connectivity index (χ4v) is 2.67. The molecule has 22 heavy (non-hydrogen) atoms. The molecular formula is C19H38O2S. The summed E-state index contributed by atoms with van der Waals surface area (Å²) in [6.45, 7) is 2.18. The number of rotatable bonds is 16. The molecule has 132 valence electrons. The van der Waals surface area contributed by atoms with Gasteiger partial charge in [-0.25, -0.2) is 0 Å². The molecular weight excluding hydrogens is 292 g/mol. The van der Waals surface area contributed by atoms with E-state index in [9.17, 15) is 5.11 Å². The van der Waals surface area contributed by atoms with Crippen LogP contribution in [0.2, 0.25) is 0 Å². The Kier molecular flexibility index (Phi) is 17.4. The van der Waals surface area contributed by atoms with Crippen molar-refractivity contribution in [3.63, 3.8) is 0 Å². The van der Waals surface area contributed by atoms with Crippen LogP contribution >= 0.6 is 12.6 Å². The Morgan fingerprint density at radius 1 is 0.818 bits per heavy atom. The van der Waals surface area contributed by atoms with E-state index in [4.69, 9.17) is 5.11 Å². The van der Waals surface area contributed by atoms with Gasteiger partial charge in [0.2, 0.25) is 0 Å². The van der Waals surface area contributed by atoms with Gasteiger partial charge in [-0.3, -0.25) is 0 Å². The molecule has 0 aliphatic rings. The highest BCUT2D eigenvalue weighted by molar-refractivity contribution is 7.81. The van der Waals surface area contributed by atoms with Gasteiger partial charge in [0.25, 0.3) is 0 Å². The molecule has 0 heterocycles. The van der Waals surface area contributed by atoms with Crippen LogP contribution in [0, 0.1) is 0 Å². The summed E-state index contributed by atoms with van der Waals surface area (Å²) >= 11 is 4.10. The van der Waals surface area contributed by atoms with E-state index in [1.165, 1.54) is 77.0 Å². The van der Waals surface area contributed by atoms with E-state index in [0.717, 1.165) is 6.42 Å². The lowest BCUT2D eigenvalue weighted by Gasteiger charge is -2.10. The minimum Gasteiger partial charge on any atom is -0.395 e. The second kappa shape index (κ2) is 17.4. The first-order valence-corrected chi connectivity index (χ1v) is 9.87. The Labute approximate surface area is 143 Å². The number of thiol groups is 1. The van der Waals surface area contributed by atoms with E-state index < -0.39 is 6.10 Å². The molecule has 3 heteroatoms. The summed E-state index contributed by atoms with van der Waals surface area (Å²) in [7, 11) is 0. The molecule has 0 spiro atoms. The first kappa shape index (κ1) is 22.0. The third-order valence-electron chi connectivity index (χ3n) is 4.14. The van der Waals surface area contributed by atoms with Crippen LogP contribution in [0.25, 0.3) is 0 Å². The van der Waals surface area contributed by atoms with Crippen molar-refractivity contribution >= 4 is 12.6 Å². The van der Waals surface area contributed by atoms with Crippen molar-refractivity contribution in [1.82, 2.24) is 0 Å². The van der Waals surface area contributed by atoms with Gasteiger partial charge < -0.3 is 10.2 Å². The first-order valence-electron chi connectivity index (χ1n) is 9.36. The molecule has 0 aromatic heterocycles. The molecule has 0 radical (unpaired) electrons. The van der Waals surface area contributed by atoms with E-state index in [1.807, 2.05) is 6.08 Å². The molecule has 0 amide bonds. The maximum absolute atomic E-state index is 9.59. The standard InChI is InChI=1S/C19H38O2S/c1-2-3-4-5-6-7-8-9-10-11-12-13-14-15-16-18(21)19(22)17-20/h15-16,18-22H,2-14,17H2,1H3. The zero-order valence-corrected chi connectivity index (χ0v) is 15.4. The lowest BCUT2D eigenvalue weighted by atomic mass is 10.0. The van der Waals surface area contributed by atoms with E-state index in [0.29, 0.717) is 0 Å². The number of hydrogen-bond donors (Lipinski definition) is 3. The summed E-state index contributed by atoms with van der Waals surface area (Å²) in [5.41, 5.74) is 0. The van der Waals surface area contributed by atoms with Crippen molar-refractivity contribution < 1.29 is 10.2 Å². The lowest BCUT2D eigenvalue weighted by Crippen LogP contribution is -2.21. The number of aliphatic hydroxyl groups is 2. The Hall–Kier alpha value is 0.01000. The van der Waals surface area contributed by atoms with Gasteiger partial charge >= 0.3 is 0 Å². The van der Waals surface area contributed by atoms with Gasteiger partial charge in [-0.1, -0.05) is 89.7 Å². The normalized spacial score (nSPS) is 14.5. The quantitative estimate of drug-likeness (QED) is 0.204. The summed E-state index contributed by atoms with van der Waals surface area (Å²) < 4.78 is 0. The van der Waals surface area contributed by atoms with Crippen molar-refractivity contribution in [2.24, 2.45) is 0 Å². The summed E-state index contributed by atoms with van der Waals surface area (Å²) in [6.07, 6.45) is 20.5. The third kappa shape index (κ3) is 14.9. The highest BCUT2D eigenvalue weighted by Gasteiger charge is 2.09. The van der Waals surface area contributed by atoms with Gasteiger partial charge in [-0.05, 0) is 12.8 Å². The van der Waals surface area contributed by atoms with Gasteiger partial charge in [0.1, 0.15) is 0 Å². The highest BCUT2D eigenvalue weighted by atomic mass is 32.1. The predicted molar refractivity (Wildman–Crippen MR) is 101 cm³/mol. The molecule has 0 rings (SSSR count). The molecule has 2 unspecified atom stereocenters. The van der Waals surface area contributed by atoms with Gasteiger partial charge in [-0.2, -0.15) is 12.6 Å². The van der Waals surface area contributed by atoms with Crippen molar-refractivity contribution in [1.29, 1.82) is 0 Å². The van der Waals surface area contributed by atoms with E-state index >= 15 is 0 Å². The lowest BCUT2D eigenvalue weighted by molar-refractivity contribution is 0.178.